The van der Waals surface area contributed by atoms with Gasteiger partial charge in [0, 0.05) is 25.7 Å². The number of aryl methyl sites for hydroxylation is 1. The first-order valence-corrected chi connectivity index (χ1v) is 5.75. The first-order valence-electron chi connectivity index (χ1n) is 5.75. The van der Waals surface area contributed by atoms with Crippen molar-refractivity contribution in [1.82, 2.24) is 4.57 Å². The van der Waals surface area contributed by atoms with Crippen molar-refractivity contribution < 1.29 is 19.9 Å². The second-order valence-electron chi connectivity index (χ2n) is 4.53. The maximum Gasteiger partial charge on any atom is 0.320 e. The van der Waals surface area contributed by atoms with Crippen LogP contribution in [0, 0.1) is 10.1 Å². The van der Waals surface area contributed by atoms with E-state index in [4.69, 9.17) is 10.8 Å². The number of hydrogen-bond acceptors (Lipinski definition) is 5. The number of aromatic hydroxyl groups is 1. The number of hydrogen-bond donors (Lipinski definition) is 3. The van der Waals surface area contributed by atoms with Crippen molar-refractivity contribution in [2.24, 2.45) is 12.8 Å². The minimum atomic E-state index is -1.18. The number of benzene rings is 1. The minimum Gasteiger partial charge on any atom is -0.508 e. The van der Waals surface area contributed by atoms with E-state index < -0.39 is 16.9 Å². The summed E-state index contributed by atoms with van der Waals surface area (Å²) in [6.07, 6.45) is 1.55. The average Bonchev–Trinajstić information content (AvgIpc) is 2.65. The number of carbonyl (C=O) groups is 1. The van der Waals surface area contributed by atoms with Gasteiger partial charge in [-0.3, -0.25) is 14.9 Å². The Hall–Kier alpha value is -2.61. The van der Waals surface area contributed by atoms with Crippen LogP contribution in [-0.4, -0.2) is 31.7 Å². The quantitative estimate of drug-likeness (QED) is 0.558. The molecule has 0 fully saturated rings. The number of carboxylic acids is 1. The first-order chi connectivity index (χ1) is 9.31. The SMILES string of the molecule is Cn1cc(CC(N)C(=O)O)c2c([N+](=O)[O-])cc(O)cc21. The van der Waals surface area contributed by atoms with E-state index in [1.54, 1.807) is 17.8 Å². The normalized spacial score (nSPS) is 12.5. The van der Waals surface area contributed by atoms with E-state index in [1.165, 1.54) is 6.07 Å². The van der Waals surface area contributed by atoms with Gasteiger partial charge in [-0.25, -0.2) is 0 Å². The minimum absolute atomic E-state index is 0.0295. The second kappa shape index (κ2) is 4.82. The molecule has 0 radical (unpaired) electrons. The fourth-order valence-corrected chi connectivity index (χ4v) is 2.20. The van der Waals surface area contributed by atoms with E-state index in [-0.39, 0.29) is 17.9 Å². The Morgan fingerprint density at radius 2 is 2.20 bits per heavy atom. The lowest BCUT2D eigenvalue weighted by Gasteiger charge is -2.05. The molecule has 0 spiro atoms. The molecule has 0 saturated carbocycles. The monoisotopic (exact) mass is 279 g/mol. The Kier molecular flexibility index (Phi) is 3.33. The molecule has 2 rings (SSSR count). The third-order valence-corrected chi connectivity index (χ3v) is 3.09. The van der Waals surface area contributed by atoms with Crippen molar-refractivity contribution in [1.29, 1.82) is 0 Å². The van der Waals surface area contributed by atoms with Crippen LogP contribution in [0.5, 0.6) is 5.75 Å². The molecule has 0 aliphatic heterocycles. The highest BCUT2D eigenvalue weighted by atomic mass is 16.6. The van der Waals surface area contributed by atoms with E-state index >= 15 is 0 Å². The van der Waals surface area contributed by atoms with Crippen LogP contribution in [-0.2, 0) is 18.3 Å². The maximum atomic E-state index is 11.1. The number of nitrogens with two attached hydrogens (primary N) is 1. The molecule has 0 amide bonds. The molecular weight excluding hydrogens is 266 g/mol. The smallest absolute Gasteiger partial charge is 0.320 e. The van der Waals surface area contributed by atoms with Crippen molar-refractivity contribution in [3.63, 3.8) is 0 Å². The Labute approximate surface area is 113 Å². The van der Waals surface area contributed by atoms with Crippen LogP contribution in [0.25, 0.3) is 10.9 Å². The summed E-state index contributed by atoms with van der Waals surface area (Å²) in [4.78, 5) is 21.3. The zero-order valence-corrected chi connectivity index (χ0v) is 10.6. The van der Waals surface area contributed by atoms with E-state index in [1.807, 2.05) is 0 Å². The fourth-order valence-electron chi connectivity index (χ4n) is 2.20. The molecule has 8 heteroatoms. The highest BCUT2D eigenvalue weighted by molar-refractivity contribution is 5.94. The van der Waals surface area contributed by atoms with Gasteiger partial charge in [-0.1, -0.05) is 0 Å². The second-order valence-corrected chi connectivity index (χ2v) is 4.53. The molecule has 0 aliphatic rings. The van der Waals surface area contributed by atoms with Gasteiger partial charge in [-0.05, 0) is 5.56 Å². The Balaban J connectivity index is 2.67. The molecule has 4 N–H and O–H groups in total. The van der Waals surface area contributed by atoms with Crippen LogP contribution in [0.3, 0.4) is 0 Å². The van der Waals surface area contributed by atoms with Gasteiger partial charge in [0.2, 0.25) is 0 Å². The summed E-state index contributed by atoms with van der Waals surface area (Å²) in [5, 5.41) is 29.8. The summed E-state index contributed by atoms with van der Waals surface area (Å²) >= 11 is 0. The molecule has 20 heavy (non-hydrogen) atoms. The van der Waals surface area contributed by atoms with E-state index in [0.717, 1.165) is 6.07 Å². The van der Waals surface area contributed by atoms with Crippen molar-refractivity contribution in [2.45, 2.75) is 12.5 Å². The highest BCUT2D eigenvalue weighted by Gasteiger charge is 2.23. The van der Waals surface area contributed by atoms with Gasteiger partial charge in [0.15, 0.2) is 0 Å². The first kappa shape index (κ1) is 13.8. The van der Waals surface area contributed by atoms with Crippen molar-refractivity contribution in [2.75, 3.05) is 0 Å². The summed E-state index contributed by atoms with van der Waals surface area (Å²) in [6.45, 7) is 0. The number of phenols is 1. The molecule has 1 aromatic carbocycles. The molecular formula is C12H13N3O5. The Morgan fingerprint density at radius 3 is 2.75 bits per heavy atom. The van der Waals surface area contributed by atoms with Crippen molar-refractivity contribution in [3.05, 3.63) is 34.0 Å². The zero-order valence-electron chi connectivity index (χ0n) is 10.6. The predicted molar refractivity (Wildman–Crippen MR) is 70.6 cm³/mol. The molecule has 1 unspecified atom stereocenters. The molecule has 8 nitrogen and oxygen atoms in total. The Morgan fingerprint density at radius 1 is 1.55 bits per heavy atom. The number of non-ortho nitro benzene ring substituents is 1. The molecule has 0 saturated heterocycles. The number of phenolic OH excluding ortho intramolecular Hbond substituents is 1. The van der Waals surface area contributed by atoms with Crippen LogP contribution in [0.15, 0.2) is 18.3 Å². The lowest BCUT2D eigenvalue weighted by Crippen LogP contribution is -2.32. The summed E-state index contributed by atoms with van der Waals surface area (Å²) < 4.78 is 1.59. The van der Waals surface area contributed by atoms with E-state index in [2.05, 4.69) is 0 Å². The van der Waals surface area contributed by atoms with Crippen LogP contribution >= 0.6 is 0 Å². The average molecular weight is 279 g/mol. The molecule has 0 aliphatic carbocycles. The number of nitrogens with zero attached hydrogens (tertiary/aromatic N) is 2. The molecule has 1 heterocycles. The van der Waals surface area contributed by atoms with Crippen molar-refractivity contribution in [3.8, 4) is 5.75 Å². The molecule has 0 bridgehead atoms. The van der Waals surface area contributed by atoms with E-state index in [0.29, 0.717) is 16.5 Å². The number of nitro benzene ring substituents is 1. The van der Waals surface area contributed by atoms with Crippen LogP contribution in [0.1, 0.15) is 5.56 Å². The number of carboxylic acid groups (broad SMARTS) is 1. The molecule has 1 atom stereocenters. The van der Waals surface area contributed by atoms with Gasteiger partial charge in [0.05, 0.1) is 21.9 Å². The summed E-state index contributed by atoms with van der Waals surface area (Å²) in [5.74, 6) is -1.40. The van der Waals surface area contributed by atoms with Gasteiger partial charge in [0.25, 0.3) is 5.69 Å². The van der Waals surface area contributed by atoms with E-state index in [9.17, 15) is 20.0 Å². The number of fused-ring (bicyclic) bond motifs is 1. The van der Waals surface area contributed by atoms with Gasteiger partial charge >= 0.3 is 5.97 Å². The van der Waals surface area contributed by atoms with Crippen LogP contribution in [0.4, 0.5) is 5.69 Å². The van der Waals surface area contributed by atoms with Crippen molar-refractivity contribution >= 4 is 22.6 Å². The topological polar surface area (TPSA) is 132 Å². The maximum absolute atomic E-state index is 11.1. The lowest BCUT2D eigenvalue weighted by molar-refractivity contribution is -0.383. The lowest BCUT2D eigenvalue weighted by atomic mass is 10.0. The van der Waals surface area contributed by atoms with Gasteiger partial charge < -0.3 is 20.5 Å². The Bertz CT molecular complexity index is 707. The third kappa shape index (κ3) is 2.28. The molecule has 106 valence electrons. The molecule has 2 aromatic rings. The van der Waals surface area contributed by atoms with Crippen LogP contribution < -0.4 is 5.73 Å². The number of aromatic nitrogens is 1. The fraction of sp³-hybridized carbons (Fsp3) is 0.250. The summed E-state index contributed by atoms with van der Waals surface area (Å²) in [7, 11) is 1.65. The number of rotatable bonds is 4. The summed E-state index contributed by atoms with van der Waals surface area (Å²) in [5.41, 5.74) is 6.12. The van der Waals surface area contributed by atoms with Gasteiger partial charge in [0.1, 0.15) is 11.8 Å². The standard InChI is InChI=1S/C12H13N3O5/c1-14-5-6(2-8(13)12(17)18)11-9(14)3-7(16)4-10(11)15(19)20/h3-5,8,16H,2,13H2,1H3,(H,17,18). The van der Waals surface area contributed by atoms with Crippen LogP contribution in [0.2, 0.25) is 0 Å². The molecule has 1 aromatic heterocycles. The van der Waals surface area contributed by atoms with Gasteiger partial charge in [-0.15, -0.1) is 0 Å². The zero-order chi connectivity index (χ0) is 15.0. The summed E-state index contributed by atoms with van der Waals surface area (Å²) in [6, 6.07) is 1.28. The predicted octanol–water partition coefficient (Wildman–Crippen LogP) is 0.746. The van der Waals surface area contributed by atoms with Gasteiger partial charge in [-0.2, -0.15) is 0 Å². The highest BCUT2D eigenvalue weighted by Crippen LogP contribution is 2.34. The number of nitro groups is 1. The number of aliphatic carboxylic acids is 1. The third-order valence-electron chi connectivity index (χ3n) is 3.09. The largest absolute Gasteiger partial charge is 0.508 e.